The molecule has 0 saturated carbocycles. The zero-order valence-electron chi connectivity index (χ0n) is 9.41. The van der Waals surface area contributed by atoms with E-state index in [1.165, 1.54) is 0 Å². The highest BCUT2D eigenvalue weighted by Gasteiger charge is 2.10. The van der Waals surface area contributed by atoms with Crippen molar-refractivity contribution in [3.05, 3.63) is 22.5 Å². The van der Waals surface area contributed by atoms with Gasteiger partial charge in [0.25, 0.3) is 0 Å². The number of nitrogens with zero attached hydrogens (tertiary/aromatic N) is 3. The van der Waals surface area contributed by atoms with E-state index in [9.17, 15) is 0 Å². The summed E-state index contributed by atoms with van der Waals surface area (Å²) in [4.78, 5) is 4.34. The summed E-state index contributed by atoms with van der Waals surface area (Å²) in [6.07, 6.45) is 0. The Labute approximate surface area is 105 Å². The molecule has 0 aliphatic rings. The number of nitrogens with one attached hydrogen (secondary N) is 1. The first-order chi connectivity index (χ1) is 7.13. The molecule has 2 rings (SSSR count). The van der Waals surface area contributed by atoms with Crippen molar-refractivity contribution in [3.63, 3.8) is 0 Å². The SMILES string of the molecule is CNCc1cc2c(C)nn(C)c2nc1Cl.Cl. The van der Waals surface area contributed by atoms with Crippen LogP contribution in [-0.4, -0.2) is 21.8 Å². The van der Waals surface area contributed by atoms with Crippen LogP contribution in [0.1, 0.15) is 11.3 Å². The number of halogens is 2. The van der Waals surface area contributed by atoms with E-state index in [0.717, 1.165) is 28.8 Å². The summed E-state index contributed by atoms with van der Waals surface area (Å²) in [5.74, 6) is 0. The minimum Gasteiger partial charge on any atom is -0.316 e. The number of hydrogen-bond donors (Lipinski definition) is 1. The van der Waals surface area contributed by atoms with E-state index in [1.807, 2.05) is 27.1 Å². The first-order valence-corrected chi connectivity index (χ1v) is 5.14. The van der Waals surface area contributed by atoms with E-state index in [-0.39, 0.29) is 12.4 Å². The van der Waals surface area contributed by atoms with Gasteiger partial charge in [0.15, 0.2) is 5.65 Å². The lowest BCUT2D eigenvalue weighted by molar-refractivity contribution is 0.772. The van der Waals surface area contributed by atoms with Crippen molar-refractivity contribution in [1.82, 2.24) is 20.1 Å². The first-order valence-electron chi connectivity index (χ1n) is 4.77. The van der Waals surface area contributed by atoms with Gasteiger partial charge in [-0.2, -0.15) is 5.10 Å². The third-order valence-electron chi connectivity index (χ3n) is 2.39. The van der Waals surface area contributed by atoms with Gasteiger partial charge in [-0.15, -0.1) is 12.4 Å². The molecule has 0 atom stereocenters. The third kappa shape index (κ3) is 2.14. The fourth-order valence-electron chi connectivity index (χ4n) is 1.68. The molecular weight excluding hydrogens is 247 g/mol. The Morgan fingerprint density at radius 2 is 2.19 bits per heavy atom. The molecule has 0 bridgehead atoms. The molecule has 0 radical (unpaired) electrons. The minimum atomic E-state index is 0. The Kier molecular flexibility index (Phi) is 4.13. The average molecular weight is 261 g/mol. The zero-order valence-corrected chi connectivity index (χ0v) is 11.0. The normalized spacial score (nSPS) is 10.5. The van der Waals surface area contributed by atoms with E-state index in [0.29, 0.717) is 5.15 Å². The maximum absolute atomic E-state index is 6.07. The monoisotopic (exact) mass is 260 g/mol. The van der Waals surface area contributed by atoms with Gasteiger partial charge in [0.1, 0.15) is 5.15 Å². The summed E-state index contributed by atoms with van der Waals surface area (Å²) in [7, 11) is 3.76. The molecule has 0 unspecified atom stereocenters. The molecule has 2 heterocycles. The van der Waals surface area contributed by atoms with Crippen LogP contribution in [0.15, 0.2) is 6.07 Å². The van der Waals surface area contributed by atoms with Crippen molar-refractivity contribution >= 4 is 35.0 Å². The van der Waals surface area contributed by atoms with Gasteiger partial charge in [-0.25, -0.2) is 4.98 Å². The van der Waals surface area contributed by atoms with Crippen LogP contribution in [0.5, 0.6) is 0 Å². The molecule has 0 spiro atoms. The van der Waals surface area contributed by atoms with Crippen LogP contribution in [0, 0.1) is 6.92 Å². The second-order valence-corrected chi connectivity index (χ2v) is 3.91. The van der Waals surface area contributed by atoms with Gasteiger partial charge in [0.2, 0.25) is 0 Å². The highest BCUT2D eigenvalue weighted by molar-refractivity contribution is 6.30. The second-order valence-electron chi connectivity index (χ2n) is 3.55. The highest BCUT2D eigenvalue weighted by Crippen LogP contribution is 2.22. The van der Waals surface area contributed by atoms with Crippen LogP contribution in [-0.2, 0) is 13.6 Å². The van der Waals surface area contributed by atoms with Crippen LogP contribution in [0.3, 0.4) is 0 Å². The molecule has 4 nitrogen and oxygen atoms in total. The van der Waals surface area contributed by atoms with Gasteiger partial charge in [0, 0.05) is 24.5 Å². The van der Waals surface area contributed by atoms with E-state index in [4.69, 9.17) is 11.6 Å². The van der Waals surface area contributed by atoms with Crippen molar-refractivity contribution in [2.45, 2.75) is 13.5 Å². The maximum atomic E-state index is 6.07. The summed E-state index contributed by atoms with van der Waals surface area (Å²) >= 11 is 6.07. The summed E-state index contributed by atoms with van der Waals surface area (Å²) in [6, 6.07) is 2.05. The molecule has 88 valence electrons. The summed E-state index contributed by atoms with van der Waals surface area (Å²) in [5, 5.41) is 8.98. The molecule has 1 N–H and O–H groups in total. The van der Waals surface area contributed by atoms with E-state index < -0.39 is 0 Å². The predicted molar refractivity (Wildman–Crippen MR) is 68.3 cm³/mol. The lowest BCUT2D eigenvalue weighted by Crippen LogP contribution is -2.06. The molecule has 0 fully saturated rings. The topological polar surface area (TPSA) is 42.7 Å². The number of aryl methyl sites for hydroxylation is 2. The molecule has 0 aliphatic carbocycles. The Balaban J connectivity index is 0.00000128. The number of aromatic nitrogens is 3. The molecule has 6 heteroatoms. The maximum Gasteiger partial charge on any atom is 0.159 e. The summed E-state index contributed by atoms with van der Waals surface area (Å²) in [6.45, 7) is 2.69. The van der Waals surface area contributed by atoms with Crippen molar-refractivity contribution in [2.75, 3.05) is 7.05 Å². The Bertz CT molecular complexity index is 507. The largest absolute Gasteiger partial charge is 0.316 e. The van der Waals surface area contributed by atoms with Gasteiger partial charge in [-0.05, 0) is 20.0 Å². The van der Waals surface area contributed by atoms with Crippen LogP contribution in [0.4, 0.5) is 0 Å². The smallest absolute Gasteiger partial charge is 0.159 e. The van der Waals surface area contributed by atoms with Crippen LogP contribution in [0.2, 0.25) is 5.15 Å². The van der Waals surface area contributed by atoms with E-state index in [1.54, 1.807) is 4.68 Å². The van der Waals surface area contributed by atoms with Gasteiger partial charge in [0.05, 0.1) is 5.69 Å². The lowest BCUT2D eigenvalue weighted by Gasteiger charge is -2.03. The Morgan fingerprint density at radius 3 is 2.81 bits per heavy atom. The van der Waals surface area contributed by atoms with Gasteiger partial charge in [-0.3, -0.25) is 4.68 Å². The molecule has 2 aromatic rings. The van der Waals surface area contributed by atoms with E-state index in [2.05, 4.69) is 15.4 Å². The van der Waals surface area contributed by atoms with Crippen molar-refractivity contribution in [2.24, 2.45) is 7.05 Å². The minimum absolute atomic E-state index is 0. The van der Waals surface area contributed by atoms with Crippen LogP contribution < -0.4 is 5.32 Å². The third-order valence-corrected chi connectivity index (χ3v) is 2.72. The molecule has 0 aliphatic heterocycles. The number of rotatable bonds is 2. The molecule has 2 aromatic heterocycles. The number of pyridine rings is 1. The average Bonchev–Trinajstić information content (AvgIpc) is 2.44. The van der Waals surface area contributed by atoms with Gasteiger partial charge >= 0.3 is 0 Å². The number of fused-ring (bicyclic) bond motifs is 1. The molecule has 0 saturated heterocycles. The zero-order chi connectivity index (χ0) is 11.0. The lowest BCUT2D eigenvalue weighted by atomic mass is 10.2. The standard InChI is InChI=1S/C10H13ClN4.ClH/c1-6-8-4-7(5-12-2)9(11)13-10(8)15(3)14-6;/h4,12H,5H2,1-3H3;1H. The van der Waals surface area contributed by atoms with Gasteiger partial charge in [-0.1, -0.05) is 11.6 Å². The molecule has 0 aromatic carbocycles. The van der Waals surface area contributed by atoms with Crippen molar-refractivity contribution in [3.8, 4) is 0 Å². The summed E-state index contributed by atoms with van der Waals surface area (Å²) in [5.41, 5.74) is 2.81. The second kappa shape index (κ2) is 4.99. The fourth-order valence-corrected chi connectivity index (χ4v) is 1.88. The fraction of sp³-hybridized carbons (Fsp3) is 0.400. The Hall–Kier alpha value is -0.840. The highest BCUT2D eigenvalue weighted by atomic mass is 35.5. The summed E-state index contributed by atoms with van der Waals surface area (Å²) < 4.78 is 1.75. The van der Waals surface area contributed by atoms with Gasteiger partial charge < -0.3 is 5.32 Å². The predicted octanol–water partition coefficient (Wildman–Crippen LogP) is 2.07. The quantitative estimate of drug-likeness (QED) is 0.841. The van der Waals surface area contributed by atoms with E-state index >= 15 is 0 Å². The molecule has 0 amide bonds. The number of hydrogen-bond acceptors (Lipinski definition) is 3. The molecular formula is C10H14Cl2N4. The van der Waals surface area contributed by atoms with Crippen LogP contribution >= 0.6 is 24.0 Å². The first kappa shape index (κ1) is 13.2. The van der Waals surface area contributed by atoms with Crippen molar-refractivity contribution in [1.29, 1.82) is 0 Å². The van der Waals surface area contributed by atoms with Crippen LogP contribution in [0.25, 0.3) is 11.0 Å². The Morgan fingerprint density at radius 1 is 1.50 bits per heavy atom. The van der Waals surface area contributed by atoms with Crippen molar-refractivity contribution < 1.29 is 0 Å². The molecule has 16 heavy (non-hydrogen) atoms.